The first kappa shape index (κ1) is 18.1. The Kier molecular flexibility index (Phi) is 5.18. The molecule has 27 heavy (non-hydrogen) atoms. The Hall–Kier alpha value is -3.66. The summed E-state index contributed by atoms with van der Waals surface area (Å²) < 4.78 is 20.7. The van der Waals surface area contributed by atoms with Gasteiger partial charge in [0, 0.05) is 11.9 Å². The molecule has 1 aromatic heterocycles. The Morgan fingerprint density at radius 1 is 1.26 bits per heavy atom. The number of ether oxygens (including phenoxy) is 1. The molecule has 0 fully saturated rings. The summed E-state index contributed by atoms with van der Waals surface area (Å²) in [5.74, 6) is -0.451. The van der Waals surface area contributed by atoms with Crippen LogP contribution in [0, 0.1) is 17.1 Å². The van der Waals surface area contributed by atoms with E-state index in [1.807, 2.05) is 19.9 Å². The van der Waals surface area contributed by atoms with Crippen LogP contribution >= 0.6 is 0 Å². The van der Waals surface area contributed by atoms with E-state index >= 15 is 0 Å². The van der Waals surface area contributed by atoms with Gasteiger partial charge >= 0.3 is 0 Å². The highest BCUT2D eigenvalue weighted by Crippen LogP contribution is 2.23. The largest absolute Gasteiger partial charge is 0.490 e. The lowest BCUT2D eigenvalue weighted by Gasteiger charge is -2.12. The SMILES string of the molecule is CC(C)Oc1ccc(NC(=O)c2ccn(-c3ccccc3F)n2)cc1C#N. The molecule has 0 aliphatic carbocycles. The number of benzene rings is 2. The van der Waals surface area contributed by atoms with E-state index in [2.05, 4.69) is 10.4 Å². The monoisotopic (exact) mass is 364 g/mol. The zero-order valence-corrected chi connectivity index (χ0v) is 14.8. The fourth-order valence-corrected chi connectivity index (χ4v) is 2.46. The molecule has 0 aliphatic rings. The quantitative estimate of drug-likeness (QED) is 0.744. The Labute approximate surface area is 155 Å². The molecule has 2 aromatic carbocycles. The molecular formula is C20H17FN4O2. The molecule has 0 spiro atoms. The average Bonchev–Trinajstić information content (AvgIpc) is 3.13. The summed E-state index contributed by atoms with van der Waals surface area (Å²) in [6, 6.07) is 14.5. The second kappa shape index (κ2) is 7.70. The summed E-state index contributed by atoms with van der Waals surface area (Å²) in [5, 5.41) is 16.1. The molecular weight excluding hydrogens is 347 g/mol. The third-order valence-electron chi connectivity index (χ3n) is 3.64. The molecule has 0 saturated carbocycles. The van der Waals surface area contributed by atoms with Crippen LogP contribution in [0.25, 0.3) is 5.69 Å². The summed E-state index contributed by atoms with van der Waals surface area (Å²) in [5.41, 5.74) is 1.13. The van der Waals surface area contributed by atoms with Crippen LogP contribution in [0.15, 0.2) is 54.7 Å². The molecule has 0 aliphatic heterocycles. The Morgan fingerprint density at radius 2 is 2.04 bits per heavy atom. The first-order chi connectivity index (χ1) is 13.0. The number of halogens is 1. The van der Waals surface area contributed by atoms with Gasteiger partial charge in [0.15, 0.2) is 5.69 Å². The second-order valence-electron chi connectivity index (χ2n) is 6.04. The van der Waals surface area contributed by atoms with Gasteiger partial charge in [0.25, 0.3) is 5.91 Å². The van der Waals surface area contributed by atoms with Crippen LogP contribution in [0.1, 0.15) is 29.9 Å². The minimum atomic E-state index is -0.466. The summed E-state index contributed by atoms with van der Waals surface area (Å²) in [7, 11) is 0. The van der Waals surface area contributed by atoms with E-state index in [9.17, 15) is 14.4 Å². The number of aromatic nitrogens is 2. The summed E-state index contributed by atoms with van der Waals surface area (Å²) >= 11 is 0. The third kappa shape index (κ3) is 4.12. The van der Waals surface area contributed by atoms with Crippen molar-refractivity contribution in [3.8, 4) is 17.5 Å². The lowest BCUT2D eigenvalue weighted by molar-refractivity contribution is 0.102. The van der Waals surface area contributed by atoms with Crippen molar-refractivity contribution in [1.82, 2.24) is 9.78 Å². The number of para-hydroxylation sites is 1. The molecule has 0 unspecified atom stereocenters. The van der Waals surface area contributed by atoms with Crippen molar-refractivity contribution in [1.29, 1.82) is 5.26 Å². The number of nitrogens with zero attached hydrogens (tertiary/aromatic N) is 3. The fourth-order valence-electron chi connectivity index (χ4n) is 2.46. The predicted molar refractivity (Wildman–Crippen MR) is 98.4 cm³/mol. The maximum atomic E-state index is 13.8. The number of nitriles is 1. The number of rotatable bonds is 5. The normalized spacial score (nSPS) is 10.5. The highest BCUT2D eigenvalue weighted by atomic mass is 19.1. The highest BCUT2D eigenvalue weighted by molar-refractivity contribution is 6.03. The first-order valence-electron chi connectivity index (χ1n) is 8.30. The number of nitrogens with one attached hydrogen (secondary N) is 1. The number of hydrogen-bond donors (Lipinski definition) is 1. The molecule has 1 heterocycles. The van der Waals surface area contributed by atoms with Crippen molar-refractivity contribution in [2.24, 2.45) is 0 Å². The highest BCUT2D eigenvalue weighted by Gasteiger charge is 2.14. The maximum Gasteiger partial charge on any atom is 0.276 e. The van der Waals surface area contributed by atoms with Crippen molar-refractivity contribution in [2.45, 2.75) is 20.0 Å². The number of anilines is 1. The van der Waals surface area contributed by atoms with Crippen molar-refractivity contribution in [3.05, 3.63) is 71.8 Å². The van der Waals surface area contributed by atoms with E-state index in [0.717, 1.165) is 0 Å². The van der Waals surface area contributed by atoms with E-state index in [-0.39, 0.29) is 17.5 Å². The minimum Gasteiger partial charge on any atom is -0.490 e. The smallest absolute Gasteiger partial charge is 0.276 e. The van der Waals surface area contributed by atoms with Crippen molar-refractivity contribution in [2.75, 3.05) is 5.32 Å². The molecule has 3 rings (SSSR count). The lowest BCUT2D eigenvalue weighted by atomic mass is 10.2. The van der Waals surface area contributed by atoms with Gasteiger partial charge in [-0.1, -0.05) is 12.1 Å². The summed E-state index contributed by atoms with van der Waals surface area (Å²) in [6.45, 7) is 3.73. The van der Waals surface area contributed by atoms with Gasteiger partial charge in [-0.25, -0.2) is 9.07 Å². The van der Waals surface area contributed by atoms with Crippen LogP contribution < -0.4 is 10.1 Å². The van der Waals surface area contributed by atoms with Gasteiger partial charge in [0.1, 0.15) is 23.3 Å². The van der Waals surface area contributed by atoms with Gasteiger partial charge in [-0.3, -0.25) is 4.79 Å². The van der Waals surface area contributed by atoms with Crippen molar-refractivity contribution >= 4 is 11.6 Å². The van der Waals surface area contributed by atoms with Crippen molar-refractivity contribution in [3.63, 3.8) is 0 Å². The maximum absolute atomic E-state index is 13.8. The summed E-state index contributed by atoms with van der Waals surface area (Å²) in [4.78, 5) is 12.4. The van der Waals surface area contributed by atoms with E-state index < -0.39 is 11.7 Å². The molecule has 1 amide bonds. The van der Waals surface area contributed by atoms with E-state index in [0.29, 0.717) is 17.0 Å². The number of amides is 1. The second-order valence-corrected chi connectivity index (χ2v) is 6.04. The molecule has 1 N–H and O–H groups in total. The van der Waals surface area contributed by atoms with Crippen molar-refractivity contribution < 1.29 is 13.9 Å². The molecule has 3 aromatic rings. The van der Waals surface area contributed by atoms with Gasteiger partial charge in [-0.2, -0.15) is 10.4 Å². The zero-order chi connectivity index (χ0) is 19.4. The van der Waals surface area contributed by atoms with Crippen LogP contribution in [-0.4, -0.2) is 21.8 Å². The molecule has 6 nitrogen and oxygen atoms in total. The Morgan fingerprint density at radius 3 is 2.74 bits per heavy atom. The van der Waals surface area contributed by atoms with Gasteiger partial charge in [-0.15, -0.1) is 0 Å². The topological polar surface area (TPSA) is 79.9 Å². The molecule has 136 valence electrons. The molecule has 0 bridgehead atoms. The third-order valence-corrected chi connectivity index (χ3v) is 3.64. The van der Waals surface area contributed by atoms with Gasteiger partial charge in [0.2, 0.25) is 0 Å². The predicted octanol–water partition coefficient (Wildman–Crippen LogP) is 3.92. The van der Waals surface area contributed by atoms with Crippen LogP contribution in [0.5, 0.6) is 5.75 Å². The summed E-state index contributed by atoms with van der Waals surface area (Å²) in [6.07, 6.45) is 1.44. The fraction of sp³-hybridized carbons (Fsp3) is 0.150. The molecule has 0 saturated heterocycles. The lowest BCUT2D eigenvalue weighted by Crippen LogP contribution is -2.14. The number of carbonyl (C=O) groups excluding carboxylic acids is 1. The van der Waals surface area contributed by atoms with Gasteiger partial charge in [0.05, 0.1) is 11.7 Å². The Bertz CT molecular complexity index is 1020. The molecule has 0 radical (unpaired) electrons. The Balaban J connectivity index is 1.78. The number of hydrogen-bond acceptors (Lipinski definition) is 4. The van der Waals surface area contributed by atoms with Crippen LogP contribution in [0.3, 0.4) is 0 Å². The van der Waals surface area contributed by atoms with Gasteiger partial charge in [-0.05, 0) is 50.2 Å². The standard InChI is InChI=1S/C20H17FN4O2/c1-13(2)27-19-8-7-15(11-14(19)12-22)23-20(26)17-9-10-25(24-17)18-6-4-3-5-16(18)21/h3-11,13H,1-2H3,(H,23,26). The van der Waals surface area contributed by atoms with E-state index in [4.69, 9.17) is 4.74 Å². The van der Waals surface area contributed by atoms with Crippen LogP contribution in [-0.2, 0) is 0 Å². The number of carbonyl (C=O) groups is 1. The molecule has 7 heteroatoms. The first-order valence-corrected chi connectivity index (χ1v) is 8.30. The zero-order valence-electron chi connectivity index (χ0n) is 14.8. The minimum absolute atomic E-state index is 0.0695. The van der Waals surface area contributed by atoms with Crippen LogP contribution in [0.4, 0.5) is 10.1 Å². The van der Waals surface area contributed by atoms with Crippen LogP contribution in [0.2, 0.25) is 0 Å². The van der Waals surface area contributed by atoms with E-state index in [1.165, 1.54) is 29.1 Å². The van der Waals surface area contributed by atoms with Gasteiger partial charge < -0.3 is 10.1 Å². The average molecular weight is 364 g/mol. The molecule has 0 atom stereocenters. The van der Waals surface area contributed by atoms with E-state index in [1.54, 1.807) is 30.3 Å².